The molecule has 19 heteroatoms. The normalized spacial score (nSPS) is 15.1. The predicted molar refractivity (Wildman–Crippen MR) is 435 cm³/mol. The van der Waals surface area contributed by atoms with Crippen molar-refractivity contribution in [3.63, 3.8) is 0 Å². The first-order valence-corrected chi connectivity index (χ1v) is 41.6. The summed E-state index contributed by atoms with van der Waals surface area (Å²) >= 11 is 0. The average Bonchev–Trinajstić information content (AvgIpc) is 0.902. The number of phosphoric acid groups is 2. The second-order valence-electron chi connectivity index (χ2n) is 24.4. The van der Waals surface area contributed by atoms with Crippen molar-refractivity contribution < 1.29 is 80.2 Å². The molecule has 592 valence electrons. The van der Waals surface area contributed by atoms with Crippen LogP contribution < -0.4 is 0 Å². The minimum atomic E-state index is -5.04. The van der Waals surface area contributed by atoms with E-state index in [1.54, 1.807) is 24.3 Å². The molecule has 0 spiro atoms. The monoisotopic (exact) mass is 1510 g/mol. The fourth-order valence-electron chi connectivity index (χ4n) is 8.97. The van der Waals surface area contributed by atoms with Crippen LogP contribution >= 0.6 is 15.6 Å². The Morgan fingerprint density at radius 1 is 0.274 bits per heavy atom. The number of aliphatic hydroxyl groups excluding tert-OH is 1. The highest BCUT2D eigenvalue weighted by Crippen LogP contribution is 2.45. The maximum atomic E-state index is 13.1. The lowest BCUT2D eigenvalue weighted by Gasteiger charge is -2.21. The molecule has 0 heterocycles. The number of hydrogen-bond acceptors (Lipinski definition) is 15. The molecular formula is C87H132O17P2. The lowest BCUT2D eigenvalue weighted by atomic mass is 10.1. The molecule has 0 aliphatic rings. The second kappa shape index (κ2) is 76.3. The van der Waals surface area contributed by atoms with Gasteiger partial charge in [-0.15, -0.1) is 0 Å². The number of rotatable bonds is 69. The van der Waals surface area contributed by atoms with E-state index in [2.05, 4.69) is 210 Å². The Balaban J connectivity index is 5.59. The number of carbonyl (C=O) groups is 4. The van der Waals surface area contributed by atoms with Gasteiger partial charge < -0.3 is 33.8 Å². The molecule has 0 bridgehead atoms. The SMILES string of the molecule is CC/C=C\C/C=C\C/C=C\C/C=C\C/C=C\CCCCCC(=O)OCC(COP(=O)(O)OCC(O)COP(=O)(O)OCC(COC(=O)C/C=C\C/C=C\C/C=C\C/C=C\C/C=C\CC)OC(=O)C/C=C\C/C=C\C/C=C\C/C=C\C/C=C\CC)OC(=O)CCCCCC/C=C\C/C=C\C/C=C\C/C=C\CC. The van der Waals surface area contributed by atoms with Crippen LogP contribution in [0.5, 0.6) is 0 Å². The number of allylic oxidation sites excluding steroid dienone is 36. The lowest BCUT2D eigenvalue weighted by molar-refractivity contribution is -0.161. The molecule has 5 atom stereocenters. The van der Waals surface area contributed by atoms with E-state index in [-0.39, 0.29) is 25.7 Å². The van der Waals surface area contributed by atoms with Crippen LogP contribution in [0.1, 0.15) is 233 Å². The summed E-state index contributed by atoms with van der Waals surface area (Å²) < 4.78 is 68.2. The number of esters is 4. The third kappa shape index (κ3) is 75.4. The summed E-state index contributed by atoms with van der Waals surface area (Å²) in [5.41, 5.74) is 0. The molecule has 0 saturated carbocycles. The largest absolute Gasteiger partial charge is 0.472 e. The Bertz CT molecular complexity index is 2930. The van der Waals surface area contributed by atoms with Crippen molar-refractivity contribution in [2.24, 2.45) is 0 Å². The minimum absolute atomic E-state index is 0.0434. The predicted octanol–water partition coefficient (Wildman–Crippen LogP) is 22.7. The van der Waals surface area contributed by atoms with E-state index in [9.17, 15) is 43.2 Å². The Morgan fingerprint density at radius 3 is 0.830 bits per heavy atom. The van der Waals surface area contributed by atoms with Gasteiger partial charge in [0.05, 0.1) is 39.3 Å². The van der Waals surface area contributed by atoms with E-state index in [1.807, 2.05) is 24.3 Å². The van der Waals surface area contributed by atoms with E-state index in [0.717, 1.165) is 154 Å². The summed E-state index contributed by atoms with van der Waals surface area (Å²) in [6.45, 7) is 4.06. The van der Waals surface area contributed by atoms with E-state index < -0.39 is 97.5 Å². The van der Waals surface area contributed by atoms with Gasteiger partial charge in [-0.1, -0.05) is 278 Å². The van der Waals surface area contributed by atoms with Crippen molar-refractivity contribution in [3.05, 3.63) is 231 Å². The number of ether oxygens (including phenoxy) is 4. The molecule has 0 fully saturated rings. The van der Waals surface area contributed by atoms with Crippen LogP contribution in [-0.4, -0.2) is 96.7 Å². The molecule has 0 aliphatic heterocycles. The average molecular weight is 1510 g/mol. The zero-order valence-electron chi connectivity index (χ0n) is 64.5. The molecule has 0 aromatic carbocycles. The van der Waals surface area contributed by atoms with Crippen LogP contribution in [0.4, 0.5) is 0 Å². The molecule has 106 heavy (non-hydrogen) atoms. The third-order valence-corrected chi connectivity index (χ3v) is 16.6. The van der Waals surface area contributed by atoms with Gasteiger partial charge in [0, 0.05) is 12.8 Å². The molecule has 0 amide bonds. The molecule has 0 radical (unpaired) electrons. The first-order valence-electron chi connectivity index (χ1n) is 38.6. The van der Waals surface area contributed by atoms with E-state index in [0.29, 0.717) is 25.7 Å². The Labute approximate surface area is 638 Å². The fraction of sp³-hybridized carbons (Fsp3) is 0.517. The third-order valence-electron chi connectivity index (χ3n) is 14.7. The van der Waals surface area contributed by atoms with Crippen LogP contribution in [0.15, 0.2) is 231 Å². The van der Waals surface area contributed by atoms with Crippen molar-refractivity contribution in [1.82, 2.24) is 0 Å². The maximum Gasteiger partial charge on any atom is 0.472 e. The Kier molecular flexibility index (Phi) is 71.4. The van der Waals surface area contributed by atoms with Crippen LogP contribution in [-0.2, 0) is 65.4 Å². The lowest BCUT2D eigenvalue weighted by Crippen LogP contribution is -2.30. The van der Waals surface area contributed by atoms with Gasteiger partial charge in [-0.05, 0) is 161 Å². The van der Waals surface area contributed by atoms with E-state index in [4.69, 9.17) is 37.0 Å². The van der Waals surface area contributed by atoms with E-state index >= 15 is 0 Å². The molecule has 3 N–H and O–H groups in total. The fourth-order valence-corrected chi connectivity index (χ4v) is 10.6. The number of hydrogen-bond donors (Lipinski definition) is 3. The Hall–Kier alpha value is -6.88. The van der Waals surface area contributed by atoms with Gasteiger partial charge in [-0.3, -0.25) is 37.3 Å². The van der Waals surface area contributed by atoms with Gasteiger partial charge in [0.1, 0.15) is 19.3 Å². The summed E-state index contributed by atoms with van der Waals surface area (Å²) in [5.74, 6) is -2.57. The number of aliphatic hydroxyl groups is 1. The molecule has 0 rings (SSSR count). The highest BCUT2D eigenvalue weighted by molar-refractivity contribution is 7.47. The first kappa shape index (κ1) is 99.1. The zero-order valence-corrected chi connectivity index (χ0v) is 66.3. The van der Waals surface area contributed by atoms with Gasteiger partial charge in [-0.2, -0.15) is 0 Å². The van der Waals surface area contributed by atoms with Crippen LogP contribution in [0, 0.1) is 0 Å². The Morgan fingerprint density at radius 2 is 0.509 bits per heavy atom. The first-order chi connectivity index (χ1) is 51.7. The topological polar surface area (TPSA) is 237 Å². The van der Waals surface area contributed by atoms with Crippen LogP contribution in [0.25, 0.3) is 0 Å². The number of carbonyl (C=O) groups excluding carboxylic acids is 4. The van der Waals surface area contributed by atoms with Crippen molar-refractivity contribution in [2.75, 3.05) is 39.6 Å². The van der Waals surface area contributed by atoms with Crippen molar-refractivity contribution in [3.8, 4) is 0 Å². The quantitative estimate of drug-likeness (QED) is 0.0169. The van der Waals surface area contributed by atoms with Crippen LogP contribution in [0.3, 0.4) is 0 Å². The minimum Gasteiger partial charge on any atom is -0.462 e. The summed E-state index contributed by atoms with van der Waals surface area (Å²) in [7, 11) is -10.1. The summed E-state index contributed by atoms with van der Waals surface area (Å²) in [5, 5.41) is 10.6. The molecule has 0 aliphatic carbocycles. The highest BCUT2D eigenvalue weighted by Gasteiger charge is 2.30. The smallest absolute Gasteiger partial charge is 0.462 e. The summed E-state index contributed by atoms with van der Waals surface area (Å²) in [4.78, 5) is 72.9. The summed E-state index contributed by atoms with van der Waals surface area (Å²) in [6, 6.07) is 0. The molecule has 0 aromatic rings. The van der Waals surface area contributed by atoms with Crippen molar-refractivity contribution in [2.45, 2.75) is 251 Å². The molecule has 0 saturated heterocycles. The molecule has 5 unspecified atom stereocenters. The summed E-state index contributed by atoms with van der Waals surface area (Å²) in [6.07, 6.45) is 98.2. The standard InChI is InChI=1S/C87H132O17P2/c1-5-9-13-17-21-25-29-33-37-39-40-42-45-48-52-56-60-64-68-72-85(90)98-78-83(104-87(92)74-70-66-62-58-54-50-46-41-38-34-30-26-22-18-14-10-6-2)80-102-106(95,96)100-76-81(88)75-99-105(93,94)101-79-82(103-86(91)73-69-65-61-57-53-49-44-36-32-28-24-20-16-12-8-4)77-97-84(89)71-67-63-59-55-51-47-43-35-31-27-23-19-15-11-7-3/h9-16,21-28,33-38,40,42-44,46,48,50-53,55,57,63,65,67,69,81-83,88H,5-8,17-20,29-32,39,41,45,47,49,54,56,58-62,64,66,68,70-80H2,1-4H3,(H,93,94)(H,95,96)/b13-9-,14-10-,15-11-,16-12-,25-21-,26-22-,27-23-,28-24-,37-33-,38-34-,42-40-,43-35-,44-36-,50-46-,52-48-,55-51-,57-53-,67-63-,69-65-. The van der Waals surface area contributed by atoms with Gasteiger partial charge in [0.2, 0.25) is 0 Å². The van der Waals surface area contributed by atoms with Crippen LogP contribution in [0.2, 0.25) is 0 Å². The number of phosphoric ester groups is 2. The van der Waals surface area contributed by atoms with Gasteiger partial charge in [0.25, 0.3) is 0 Å². The highest BCUT2D eigenvalue weighted by atomic mass is 31.2. The van der Waals surface area contributed by atoms with Crippen molar-refractivity contribution in [1.29, 1.82) is 0 Å². The van der Waals surface area contributed by atoms with Gasteiger partial charge >= 0.3 is 39.5 Å². The van der Waals surface area contributed by atoms with Gasteiger partial charge in [-0.25, -0.2) is 9.13 Å². The molecular weight excluding hydrogens is 1380 g/mol. The zero-order chi connectivity index (χ0) is 77.4. The van der Waals surface area contributed by atoms with Crippen molar-refractivity contribution >= 4 is 39.5 Å². The van der Waals surface area contributed by atoms with Gasteiger partial charge in [0.15, 0.2) is 12.2 Å². The number of unbranched alkanes of at least 4 members (excludes halogenated alkanes) is 7. The van der Waals surface area contributed by atoms with E-state index in [1.165, 1.54) is 0 Å². The molecule has 0 aromatic heterocycles. The molecule has 17 nitrogen and oxygen atoms in total. The maximum absolute atomic E-state index is 13.1. The second-order valence-corrected chi connectivity index (χ2v) is 27.4.